The van der Waals surface area contributed by atoms with Gasteiger partial charge in [-0.05, 0) is 30.2 Å². The molecule has 3 nitrogen and oxygen atoms in total. The van der Waals surface area contributed by atoms with Gasteiger partial charge in [0, 0.05) is 11.8 Å². The van der Waals surface area contributed by atoms with Gasteiger partial charge in [0.15, 0.2) is 0 Å². The van der Waals surface area contributed by atoms with E-state index in [-0.39, 0.29) is 5.78 Å². The van der Waals surface area contributed by atoms with E-state index in [1.165, 1.54) is 0 Å². The number of anilines is 1. The fraction of sp³-hybridized carbons (Fsp3) is 0.200. The van der Waals surface area contributed by atoms with Crippen LogP contribution >= 0.6 is 0 Å². The minimum atomic E-state index is -0.119. The summed E-state index contributed by atoms with van der Waals surface area (Å²) < 4.78 is 0. The molecule has 2 aromatic rings. The van der Waals surface area contributed by atoms with Gasteiger partial charge in [-0.2, -0.15) is 0 Å². The zero-order chi connectivity index (χ0) is 13.0. The summed E-state index contributed by atoms with van der Waals surface area (Å²) in [4.78, 5) is 16.3. The predicted molar refractivity (Wildman–Crippen MR) is 72.5 cm³/mol. The number of rotatable bonds is 4. The van der Waals surface area contributed by atoms with Crippen LogP contribution in [0.1, 0.15) is 35.0 Å². The smallest absolute Gasteiger partial charge is 0.213 e. The van der Waals surface area contributed by atoms with Gasteiger partial charge >= 0.3 is 0 Å². The molecular weight excluding hydrogens is 224 g/mol. The highest BCUT2D eigenvalue weighted by Crippen LogP contribution is 2.15. The number of ketones is 1. The molecule has 1 aromatic heterocycles. The van der Waals surface area contributed by atoms with Crippen molar-refractivity contribution in [2.75, 3.05) is 5.73 Å². The summed E-state index contributed by atoms with van der Waals surface area (Å²) in [7, 11) is 0. The Labute approximate surface area is 107 Å². The van der Waals surface area contributed by atoms with Crippen molar-refractivity contribution < 1.29 is 4.79 Å². The highest BCUT2D eigenvalue weighted by molar-refractivity contribution is 6.10. The summed E-state index contributed by atoms with van der Waals surface area (Å²) in [6.07, 6.45) is 3.61. The minimum Gasteiger partial charge on any atom is -0.397 e. The van der Waals surface area contributed by atoms with Gasteiger partial charge in [-0.3, -0.25) is 9.78 Å². The lowest BCUT2D eigenvalue weighted by Gasteiger charge is -2.05. The van der Waals surface area contributed by atoms with Crippen LogP contribution in [0.3, 0.4) is 0 Å². The van der Waals surface area contributed by atoms with Crippen LogP contribution in [0.25, 0.3) is 0 Å². The molecule has 0 unspecified atom stereocenters. The summed E-state index contributed by atoms with van der Waals surface area (Å²) >= 11 is 0. The first kappa shape index (κ1) is 12.3. The zero-order valence-electron chi connectivity index (χ0n) is 10.4. The first-order valence-corrected chi connectivity index (χ1v) is 6.06. The lowest BCUT2D eigenvalue weighted by molar-refractivity contribution is 0.103. The molecule has 0 spiro atoms. The Hall–Kier alpha value is -2.16. The molecule has 2 N–H and O–H groups in total. The SMILES string of the molecule is CCCc1cccc(C(=O)c2ncccc2N)c1. The molecule has 1 aromatic carbocycles. The van der Waals surface area contributed by atoms with E-state index in [1.807, 2.05) is 18.2 Å². The van der Waals surface area contributed by atoms with Crippen molar-refractivity contribution in [3.63, 3.8) is 0 Å². The Kier molecular flexibility index (Phi) is 3.72. The summed E-state index contributed by atoms with van der Waals surface area (Å²) in [6, 6.07) is 11.1. The molecule has 0 aliphatic carbocycles. The maximum atomic E-state index is 12.3. The summed E-state index contributed by atoms with van der Waals surface area (Å²) in [6.45, 7) is 2.12. The van der Waals surface area contributed by atoms with Crippen LogP contribution in [0.15, 0.2) is 42.6 Å². The van der Waals surface area contributed by atoms with Crippen LogP contribution in [0.5, 0.6) is 0 Å². The summed E-state index contributed by atoms with van der Waals surface area (Å²) in [5.41, 5.74) is 8.33. The first-order chi connectivity index (χ1) is 8.72. The number of nitrogens with two attached hydrogens (primary N) is 1. The van der Waals surface area contributed by atoms with Gasteiger partial charge in [-0.1, -0.05) is 31.5 Å². The third-order valence-corrected chi connectivity index (χ3v) is 2.78. The number of aromatic nitrogens is 1. The molecule has 0 amide bonds. The fourth-order valence-corrected chi connectivity index (χ4v) is 1.90. The van der Waals surface area contributed by atoms with Gasteiger partial charge in [0.25, 0.3) is 0 Å². The van der Waals surface area contributed by atoms with E-state index in [2.05, 4.69) is 11.9 Å². The van der Waals surface area contributed by atoms with Gasteiger partial charge in [0.2, 0.25) is 5.78 Å². The average molecular weight is 240 g/mol. The number of carbonyl (C=O) groups excluding carboxylic acids is 1. The molecule has 3 heteroatoms. The van der Waals surface area contributed by atoms with E-state index in [4.69, 9.17) is 5.73 Å². The molecule has 0 atom stereocenters. The van der Waals surface area contributed by atoms with E-state index < -0.39 is 0 Å². The lowest BCUT2D eigenvalue weighted by Crippen LogP contribution is -2.08. The van der Waals surface area contributed by atoms with E-state index in [9.17, 15) is 4.79 Å². The highest BCUT2D eigenvalue weighted by Gasteiger charge is 2.13. The number of aryl methyl sites for hydroxylation is 1. The quantitative estimate of drug-likeness (QED) is 0.836. The maximum absolute atomic E-state index is 12.3. The third-order valence-electron chi connectivity index (χ3n) is 2.78. The molecular formula is C15H16N2O. The molecule has 0 radical (unpaired) electrons. The Morgan fingerprint density at radius 1 is 1.28 bits per heavy atom. The third kappa shape index (κ3) is 2.56. The van der Waals surface area contributed by atoms with Crippen molar-refractivity contribution in [2.24, 2.45) is 0 Å². The van der Waals surface area contributed by atoms with Crippen molar-refractivity contribution in [3.8, 4) is 0 Å². The number of benzene rings is 1. The molecule has 0 fully saturated rings. The normalized spacial score (nSPS) is 10.3. The van der Waals surface area contributed by atoms with Crippen LogP contribution < -0.4 is 5.73 Å². The topological polar surface area (TPSA) is 56.0 Å². The van der Waals surface area contributed by atoms with E-state index in [1.54, 1.807) is 24.4 Å². The Morgan fingerprint density at radius 3 is 2.83 bits per heavy atom. The van der Waals surface area contributed by atoms with Gasteiger partial charge in [0.1, 0.15) is 5.69 Å². The van der Waals surface area contributed by atoms with Gasteiger partial charge in [0.05, 0.1) is 5.69 Å². The van der Waals surface area contributed by atoms with Crippen molar-refractivity contribution in [1.82, 2.24) is 4.98 Å². The monoisotopic (exact) mass is 240 g/mol. The second-order valence-electron chi connectivity index (χ2n) is 4.22. The zero-order valence-corrected chi connectivity index (χ0v) is 10.4. The molecule has 92 valence electrons. The number of carbonyl (C=O) groups is 1. The lowest BCUT2D eigenvalue weighted by atomic mass is 10.0. The Bertz CT molecular complexity index is 564. The molecule has 0 saturated heterocycles. The largest absolute Gasteiger partial charge is 0.397 e. The molecule has 0 saturated carbocycles. The molecule has 0 aliphatic rings. The number of hydrogen-bond acceptors (Lipinski definition) is 3. The van der Waals surface area contributed by atoms with Crippen molar-refractivity contribution in [1.29, 1.82) is 0 Å². The number of pyridine rings is 1. The standard InChI is InChI=1S/C15H16N2O/c1-2-5-11-6-3-7-12(10-11)15(18)14-13(16)8-4-9-17-14/h3-4,6-10H,2,5,16H2,1H3. The van der Waals surface area contributed by atoms with Crippen LogP contribution in [0.2, 0.25) is 0 Å². The van der Waals surface area contributed by atoms with Crippen LogP contribution in [-0.4, -0.2) is 10.8 Å². The summed E-state index contributed by atoms with van der Waals surface area (Å²) in [5.74, 6) is -0.119. The van der Waals surface area contributed by atoms with Gasteiger partial charge in [-0.15, -0.1) is 0 Å². The number of nitrogen functional groups attached to an aromatic ring is 1. The first-order valence-electron chi connectivity index (χ1n) is 6.06. The fourth-order valence-electron chi connectivity index (χ4n) is 1.90. The van der Waals surface area contributed by atoms with Crippen LogP contribution in [0.4, 0.5) is 5.69 Å². The second kappa shape index (κ2) is 5.45. The summed E-state index contributed by atoms with van der Waals surface area (Å²) in [5, 5.41) is 0. The molecule has 0 bridgehead atoms. The van der Waals surface area contributed by atoms with Gasteiger partial charge in [-0.25, -0.2) is 0 Å². The van der Waals surface area contributed by atoms with Gasteiger partial charge < -0.3 is 5.73 Å². The Morgan fingerprint density at radius 2 is 2.11 bits per heavy atom. The minimum absolute atomic E-state index is 0.119. The number of hydrogen-bond donors (Lipinski definition) is 1. The van der Waals surface area contributed by atoms with E-state index in [0.29, 0.717) is 16.9 Å². The predicted octanol–water partition coefficient (Wildman–Crippen LogP) is 2.85. The van der Waals surface area contributed by atoms with Crippen molar-refractivity contribution >= 4 is 11.5 Å². The molecule has 0 aliphatic heterocycles. The Balaban J connectivity index is 2.34. The molecule has 18 heavy (non-hydrogen) atoms. The van der Waals surface area contributed by atoms with E-state index >= 15 is 0 Å². The maximum Gasteiger partial charge on any atom is 0.213 e. The van der Waals surface area contributed by atoms with Crippen LogP contribution in [-0.2, 0) is 6.42 Å². The van der Waals surface area contributed by atoms with E-state index in [0.717, 1.165) is 18.4 Å². The van der Waals surface area contributed by atoms with Crippen LogP contribution in [0, 0.1) is 0 Å². The molecule has 2 rings (SSSR count). The van der Waals surface area contributed by atoms with Crippen molar-refractivity contribution in [3.05, 3.63) is 59.4 Å². The number of nitrogens with zero attached hydrogens (tertiary/aromatic N) is 1. The highest BCUT2D eigenvalue weighted by atomic mass is 16.1. The molecule has 1 heterocycles. The van der Waals surface area contributed by atoms with Crippen molar-refractivity contribution in [2.45, 2.75) is 19.8 Å². The second-order valence-corrected chi connectivity index (χ2v) is 4.22. The average Bonchev–Trinajstić information content (AvgIpc) is 2.39.